The molecule has 1 aliphatic carbocycles. The minimum atomic E-state index is -4.17. The number of nitrogens with zero attached hydrogens (tertiary/aromatic N) is 3. The maximum absolute atomic E-state index is 12.8. The molecular formula is C21H34F3N5. The highest BCUT2D eigenvalue weighted by Crippen LogP contribution is 2.28. The van der Waals surface area contributed by atoms with E-state index < -0.39 is 12.7 Å². The van der Waals surface area contributed by atoms with Gasteiger partial charge in [-0.2, -0.15) is 13.2 Å². The molecule has 0 bridgehead atoms. The second-order valence-corrected chi connectivity index (χ2v) is 8.85. The van der Waals surface area contributed by atoms with Crippen molar-refractivity contribution in [1.82, 2.24) is 9.88 Å². The highest BCUT2D eigenvalue weighted by Gasteiger charge is 2.38. The third-order valence-electron chi connectivity index (χ3n) is 6.33. The SMILES string of the molecule is Cc1nc(N2CC(C)N(CC(F)(F)F)C(C)C2)ccc1NCC1CCC(N)CC1. The molecule has 0 amide bonds. The van der Waals surface area contributed by atoms with E-state index in [0.29, 0.717) is 25.0 Å². The topological polar surface area (TPSA) is 57.4 Å². The van der Waals surface area contributed by atoms with E-state index in [9.17, 15) is 13.2 Å². The first-order valence-electron chi connectivity index (χ1n) is 10.7. The Bertz CT molecular complexity index is 661. The Morgan fingerprint density at radius 3 is 2.28 bits per heavy atom. The molecule has 0 aromatic carbocycles. The third-order valence-corrected chi connectivity index (χ3v) is 6.33. The summed E-state index contributed by atoms with van der Waals surface area (Å²) in [6.45, 7) is 6.85. The van der Waals surface area contributed by atoms with Crippen molar-refractivity contribution >= 4 is 11.5 Å². The van der Waals surface area contributed by atoms with Crippen LogP contribution in [0.1, 0.15) is 45.2 Å². The number of piperazine rings is 1. The number of nitrogens with one attached hydrogen (secondary N) is 1. The number of halogens is 3. The zero-order valence-corrected chi connectivity index (χ0v) is 17.7. The molecule has 1 saturated heterocycles. The molecule has 1 aliphatic heterocycles. The summed E-state index contributed by atoms with van der Waals surface area (Å²) in [5.74, 6) is 1.49. The standard InChI is InChI=1S/C21H34F3N5/c1-14-11-28(12-15(2)29(14)13-21(22,23)24)20-9-8-19(16(3)27-20)26-10-17-4-6-18(25)7-5-17/h8-9,14-15,17-18,26H,4-7,10-13,25H2,1-3H3. The van der Waals surface area contributed by atoms with Gasteiger partial charge in [-0.25, -0.2) is 4.98 Å². The second kappa shape index (κ2) is 9.08. The molecule has 3 N–H and O–H groups in total. The van der Waals surface area contributed by atoms with Gasteiger partial charge < -0.3 is 16.0 Å². The predicted octanol–water partition coefficient (Wildman–Crippen LogP) is 3.78. The summed E-state index contributed by atoms with van der Waals surface area (Å²) >= 11 is 0. The van der Waals surface area contributed by atoms with Crippen LogP contribution in [-0.2, 0) is 0 Å². The van der Waals surface area contributed by atoms with Gasteiger partial charge in [-0.15, -0.1) is 0 Å². The number of rotatable bonds is 5. The Kier molecular flexibility index (Phi) is 6.94. The number of anilines is 2. The highest BCUT2D eigenvalue weighted by atomic mass is 19.4. The van der Waals surface area contributed by atoms with Gasteiger partial charge in [-0.1, -0.05) is 0 Å². The van der Waals surface area contributed by atoms with Crippen LogP contribution in [0.2, 0.25) is 0 Å². The van der Waals surface area contributed by atoms with Gasteiger partial charge in [-0.05, 0) is 64.5 Å². The van der Waals surface area contributed by atoms with Crippen LogP contribution in [0.4, 0.5) is 24.7 Å². The number of alkyl halides is 3. The lowest BCUT2D eigenvalue weighted by Gasteiger charge is -2.45. The van der Waals surface area contributed by atoms with Crippen LogP contribution >= 0.6 is 0 Å². The number of nitrogens with two attached hydrogens (primary N) is 1. The van der Waals surface area contributed by atoms with E-state index in [-0.39, 0.29) is 12.1 Å². The van der Waals surface area contributed by atoms with Crippen molar-refractivity contribution in [2.24, 2.45) is 11.7 Å². The first kappa shape index (κ1) is 22.2. The summed E-state index contributed by atoms with van der Waals surface area (Å²) in [5.41, 5.74) is 7.93. The molecule has 3 rings (SSSR count). The van der Waals surface area contributed by atoms with Crippen molar-refractivity contribution in [3.8, 4) is 0 Å². The normalized spacial score (nSPS) is 29.1. The van der Waals surface area contributed by atoms with Crippen molar-refractivity contribution in [3.63, 3.8) is 0 Å². The minimum Gasteiger partial charge on any atom is -0.383 e. The van der Waals surface area contributed by atoms with Gasteiger partial charge in [0.05, 0.1) is 17.9 Å². The van der Waals surface area contributed by atoms with E-state index in [1.54, 1.807) is 0 Å². The van der Waals surface area contributed by atoms with E-state index in [1.807, 2.05) is 32.9 Å². The molecule has 2 aliphatic rings. The zero-order chi connectivity index (χ0) is 21.2. The molecule has 8 heteroatoms. The van der Waals surface area contributed by atoms with Gasteiger partial charge in [0.25, 0.3) is 0 Å². The lowest BCUT2D eigenvalue weighted by atomic mass is 9.86. The summed E-state index contributed by atoms with van der Waals surface area (Å²) in [6, 6.07) is 4.01. The molecule has 0 spiro atoms. The van der Waals surface area contributed by atoms with E-state index in [1.165, 1.54) is 4.90 Å². The van der Waals surface area contributed by atoms with Crippen molar-refractivity contribution in [3.05, 3.63) is 17.8 Å². The maximum atomic E-state index is 12.8. The summed E-state index contributed by atoms with van der Waals surface area (Å²) in [5, 5.41) is 3.52. The van der Waals surface area contributed by atoms with Crippen molar-refractivity contribution in [2.45, 2.75) is 70.8 Å². The van der Waals surface area contributed by atoms with E-state index in [4.69, 9.17) is 10.7 Å². The van der Waals surface area contributed by atoms with E-state index >= 15 is 0 Å². The summed E-state index contributed by atoms with van der Waals surface area (Å²) < 4.78 is 38.5. The number of aromatic nitrogens is 1. The van der Waals surface area contributed by atoms with Crippen LogP contribution in [0.3, 0.4) is 0 Å². The smallest absolute Gasteiger partial charge is 0.383 e. The highest BCUT2D eigenvalue weighted by molar-refractivity contribution is 5.54. The molecule has 2 fully saturated rings. The fourth-order valence-corrected chi connectivity index (χ4v) is 4.62. The Balaban J connectivity index is 1.58. The summed E-state index contributed by atoms with van der Waals surface area (Å²) in [7, 11) is 0. The van der Waals surface area contributed by atoms with Crippen molar-refractivity contribution in [2.75, 3.05) is 36.4 Å². The molecule has 5 nitrogen and oxygen atoms in total. The lowest BCUT2D eigenvalue weighted by molar-refractivity contribution is -0.156. The summed E-state index contributed by atoms with van der Waals surface area (Å²) in [4.78, 5) is 8.38. The number of aryl methyl sites for hydroxylation is 1. The molecule has 164 valence electrons. The molecule has 1 aromatic heterocycles. The Morgan fingerprint density at radius 1 is 1.10 bits per heavy atom. The predicted molar refractivity (Wildman–Crippen MR) is 111 cm³/mol. The van der Waals surface area contributed by atoms with E-state index in [2.05, 4.69) is 10.2 Å². The van der Waals surface area contributed by atoms with Crippen LogP contribution in [0, 0.1) is 12.8 Å². The average Bonchev–Trinajstić information content (AvgIpc) is 2.64. The van der Waals surface area contributed by atoms with Crippen LogP contribution < -0.4 is 16.0 Å². The molecule has 0 radical (unpaired) electrons. The van der Waals surface area contributed by atoms with Crippen LogP contribution in [0.25, 0.3) is 0 Å². The first-order valence-corrected chi connectivity index (χ1v) is 10.7. The van der Waals surface area contributed by atoms with Gasteiger partial charge in [0, 0.05) is 37.8 Å². The number of pyridine rings is 1. The molecule has 2 atom stereocenters. The molecule has 2 heterocycles. The Hall–Kier alpha value is -1.54. The van der Waals surface area contributed by atoms with Gasteiger partial charge in [0.15, 0.2) is 0 Å². The number of hydrogen-bond donors (Lipinski definition) is 2. The monoisotopic (exact) mass is 413 g/mol. The maximum Gasteiger partial charge on any atom is 0.401 e. The van der Waals surface area contributed by atoms with Gasteiger partial charge in [0.2, 0.25) is 0 Å². The fourth-order valence-electron chi connectivity index (χ4n) is 4.62. The van der Waals surface area contributed by atoms with Crippen molar-refractivity contribution < 1.29 is 13.2 Å². The lowest BCUT2D eigenvalue weighted by Crippen LogP contribution is -2.59. The molecule has 1 saturated carbocycles. The van der Waals surface area contributed by atoms with E-state index in [0.717, 1.165) is 49.4 Å². The average molecular weight is 414 g/mol. The number of hydrogen-bond acceptors (Lipinski definition) is 5. The first-order chi connectivity index (χ1) is 13.6. The second-order valence-electron chi connectivity index (χ2n) is 8.85. The quantitative estimate of drug-likeness (QED) is 0.769. The molecule has 2 unspecified atom stereocenters. The van der Waals surface area contributed by atoms with Gasteiger partial charge in [-0.3, -0.25) is 4.90 Å². The van der Waals surface area contributed by atoms with Gasteiger partial charge >= 0.3 is 6.18 Å². The van der Waals surface area contributed by atoms with Gasteiger partial charge in [0.1, 0.15) is 5.82 Å². The molecule has 1 aromatic rings. The van der Waals surface area contributed by atoms with Crippen LogP contribution in [-0.4, -0.2) is 60.4 Å². The largest absolute Gasteiger partial charge is 0.401 e. The zero-order valence-electron chi connectivity index (χ0n) is 17.7. The molecule has 29 heavy (non-hydrogen) atoms. The van der Waals surface area contributed by atoms with Crippen molar-refractivity contribution in [1.29, 1.82) is 0 Å². The fraction of sp³-hybridized carbons (Fsp3) is 0.762. The minimum absolute atomic E-state index is 0.182. The third kappa shape index (κ3) is 5.98. The summed E-state index contributed by atoms with van der Waals surface area (Å²) in [6.07, 6.45) is 0.349. The molecular weight excluding hydrogens is 379 g/mol. The Morgan fingerprint density at radius 2 is 1.72 bits per heavy atom. The van der Waals surface area contributed by atoms with Crippen LogP contribution in [0.15, 0.2) is 12.1 Å². The van der Waals surface area contributed by atoms with Crippen LogP contribution in [0.5, 0.6) is 0 Å². The Labute approximate surface area is 171 Å².